The maximum Gasteiger partial charge on any atom is 0.320 e. The number of esters is 1. The van der Waals surface area contributed by atoms with E-state index in [9.17, 15) is 9.59 Å². The molecule has 0 unspecified atom stereocenters. The first-order valence-corrected chi connectivity index (χ1v) is 10.2. The molecule has 0 radical (unpaired) electrons. The summed E-state index contributed by atoms with van der Waals surface area (Å²) in [6.07, 6.45) is 9.99. The van der Waals surface area contributed by atoms with E-state index in [1.165, 1.54) is 7.11 Å². The van der Waals surface area contributed by atoms with Crippen molar-refractivity contribution in [3.05, 3.63) is 60.8 Å². The van der Waals surface area contributed by atoms with E-state index in [2.05, 4.69) is 37.3 Å². The average molecular weight is 438 g/mol. The predicted octanol–water partition coefficient (Wildman–Crippen LogP) is 3.16. The molecule has 1 amide bonds. The van der Waals surface area contributed by atoms with Gasteiger partial charge in [0, 0.05) is 18.8 Å². The molecule has 0 aliphatic carbocycles. The average Bonchev–Trinajstić information content (AvgIpc) is 3.30. The zero-order valence-corrected chi connectivity index (χ0v) is 18.1. The van der Waals surface area contributed by atoms with Crippen LogP contribution in [0.4, 0.5) is 17.5 Å². The molecular formula is C22H26N6O4. The predicted molar refractivity (Wildman–Crippen MR) is 120 cm³/mol. The highest BCUT2D eigenvalue weighted by Crippen LogP contribution is 2.23. The molecule has 0 aromatic carbocycles. The number of carbonyl (C=O) groups excluding carboxylic acids is 2. The number of methoxy groups -OCH3 is 1. The van der Waals surface area contributed by atoms with Gasteiger partial charge in [0.25, 0.3) is 0 Å². The summed E-state index contributed by atoms with van der Waals surface area (Å²) in [5, 5.41) is 13.2. The van der Waals surface area contributed by atoms with Crippen molar-refractivity contribution in [2.24, 2.45) is 5.92 Å². The van der Waals surface area contributed by atoms with Crippen LogP contribution in [0, 0.1) is 5.92 Å². The van der Waals surface area contributed by atoms with Gasteiger partial charge in [0.05, 0.1) is 24.9 Å². The zero-order chi connectivity index (χ0) is 22.9. The summed E-state index contributed by atoms with van der Waals surface area (Å²) in [6, 6.07) is 3.67. The lowest BCUT2D eigenvalue weighted by atomic mass is 9.97. The van der Waals surface area contributed by atoms with Crippen LogP contribution < -0.4 is 15.5 Å². The Balaban J connectivity index is 1.55. The summed E-state index contributed by atoms with van der Waals surface area (Å²) < 4.78 is 10.2. The summed E-state index contributed by atoms with van der Waals surface area (Å²) in [7, 11) is 1.41. The standard InChI is InChI=1S/C22H26N6O4/c1-4-6-7-16(5-2)25-22-27-26-20(32-22)19(29)24-17-8-9-18(23-14-17)28-12-10-15(11-13-28)21(30)31-3/h4-9,14-15H,1,10-13H2,2-3H3,(H,24,29)(H,25,27)/b7-6-,16-5+. The van der Waals surface area contributed by atoms with Crippen molar-refractivity contribution >= 4 is 29.4 Å². The maximum atomic E-state index is 12.4. The molecule has 0 bridgehead atoms. The molecular weight excluding hydrogens is 412 g/mol. The van der Waals surface area contributed by atoms with Crippen LogP contribution >= 0.6 is 0 Å². The highest BCUT2D eigenvalue weighted by Gasteiger charge is 2.26. The van der Waals surface area contributed by atoms with E-state index in [0.717, 1.165) is 24.4 Å². The van der Waals surface area contributed by atoms with Gasteiger partial charge < -0.3 is 24.7 Å². The third kappa shape index (κ3) is 5.81. The second kappa shape index (κ2) is 10.9. The van der Waals surface area contributed by atoms with Gasteiger partial charge in [-0.1, -0.05) is 29.9 Å². The minimum absolute atomic E-state index is 0.0643. The number of aromatic nitrogens is 3. The Labute approximate surface area is 186 Å². The molecule has 2 aromatic rings. The fourth-order valence-electron chi connectivity index (χ4n) is 3.21. The molecule has 2 N–H and O–H groups in total. The summed E-state index contributed by atoms with van der Waals surface area (Å²) in [5.74, 6) is -0.162. The molecule has 2 aromatic heterocycles. The maximum absolute atomic E-state index is 12.4. The zero-order valence-electron chi connectivity index (χ0n) is 18.1. The molecule has 168 valence electrons. The van der Waals surface area contributed by atoms with Crippen molar-refractivity contribution in [2.45, 2.75) is 19.8 Å². The van der Waals surface area contributed by atoms with Crippen LogP contribution in [0.15, 0.2) is 59.3 Å². The number of hydrogen-bond donors (Lipinski definition) is 2. The third-order valence-electron chi connectivity index (χ3n) is 4.95. The van der Waals surface area contributed by atoms with Gasteiger partial charge in [-0.15, -0.1) is 5.10 Å². The highest BCUT2D eigenvalue weighted by atomic mass is 16.5. The monoisotopic (exact) mass is 438 g/mol. The first kappa shape index (κ1) is 22.7. The topological polar surface area (TPSA) is 122 Å². The van der Waals surface area contributed by atoms with Crippen molar-refractivity contribution in [3.63, 3.8) is 0 Å². The Kier molecular flexibility index (Phi) is 7.74. The fraction of sp³-hybridized carbons (Fsp3) is 0.318. The van der Waals surface area contributed by atoms with E-state index < -0.39 is 5.91 Å². The van der Waals surface area contributed by atoms with E-state index in [4.69, 9.17) is 9.15 Å². The van der Waals surface area contributed by atoms with Crippen molar-refractivity contribution in [1.82, 2.24) is 15.2 Å². The Morgan fingerprint density at radius 3 is 2.66 bits per heavy atom. The number of anilines is 3. The molecule has 0 atom stereocenters. The Hall–Kier alpha value is -3.95. The van der Waals surface area contributed by atoms with Crippen LogP contribution in [-0.2, 0) is 9.53 Å². The van der Waals surface area contributed by atoms with Crippen LogP contribution in [0.25, 0.3) is 0 Å². The summed E-state index contributed by atoms with van der Waals surface area (Å²) in [6.45, 7) is 6.89. The second-order valence-electron chi connectivity index (χ2n) is 7.02. The van der Waals surface area contributed by atoms with Gasteiger partial charge >= 0.3 is 23.8 Å². The summed E-state index contributed by atoms with van der Waals surface area (Å²) in [5.41, 5.74) is 1.22. The molecule has 10 nitrogen and oxygen atoms in total. The van der Waals surface area contributed by atoms with Crippen molar-refractivity contribution in [2.75, 3.05) is 35.7 Å². The lowest BCUT2D eigenvalue weighted by molar-refractivity contribution is -0.146. The van der Waals surface area contributed by atoms with Crippen LogP contribution in [0.3, 0.4) is 0 Å². The van der Waals surface area contributed by atoms with Crippen molar-refractivity contribution in [1.29, 1.82) is 0 Å². The minimum atomic E-state index is -0.539. The van der Waals surface area contributed by atoms with Crippen molar-refractivity contribution in [3.8, 4) is 0 Å². The number of rotatable bonds is 8. The van der Waals surface area contributed by atoms with Gasteiger partial charge in [0.1, 0.15) is 5.82 Å². The van der Waals surface area contributed by atoms with E-state index in [1.54, 1.807) is 30.5 Å². The Morgan fingerprint density at radius 1 is 1.25 bits per heavy atom. The number of ether oxygens (including phenoxy) is 1. The van der Waals surface area contributed by atoms with E-state index in [-0.39, 0.29) is 23.8 Å². The van der Waals surface area contributed by atoms with Gasteiger partial charge in [0.15, 0.2) is 0 Å². The SMILES string of the molecule is C=C/C=C\C(=C/C)Nc1nnc(C(=O)Nc2ccc(N3CCC(C(=O)OC)CC3)nc2)o1. The molecule has 32 heavy (non-hydrogen) atoms. The Morgan fingerprint density at radius 2 is 2.03 bits per heavy atom. The lowest BCUT2D eigenvalue weighted by Crippen LogP contribution is -2.37. The summed E-state index contributed by atoms with van der Waals surface area (Å²) >= 11 is 0. The second-order valence-corrected chi connectivity index (χ2v) is 7.02. The third-order valence-corrected chi connectivity index (χ3v) is 4.95. The number of amides is 1. The number of carbonyl (C=O) groups is 2. The molecule has 0 saturated carbocycles. The van der Waals surface area contributed by atoms with Crippen LogP contribution in [0.5, 0.6) is 0 Å². The first-order chi connectivity index (χ1) is 15.5. The molecule has 3 heterocycles. The van der Waals surface area contributed by atoms with Gasteiger partial charge in [-0.25, -0.2) is 4.98 Å². The number of pyridine rings is 1. The van der Waals surface area contributed by atoms with Gasteiger partial charge in [-0.2, -0.15) is 0 Å². The van der Waals surface area contributed by atoms with E-state index in [1.807, 2.05) is 19.1 Å². The number of nitrogens with zero attached hydrogens (tertiary/aromatic N) is 4. The number of allylic oxidation sites excluding steroid dienone is 4. The molecule has 1 fully saturated rings. The molecule has 1 saturated heterocycles. The van der Waals surface area contributed by atoms with Crippen LogP contribution in [0.1, 0.15) is 30.5 Å². The molecule has 3 rings (SSSR count). The van der Waals surface area contributed by atoms with Gasteiger partial charge in [0.2, 0.25) is 0 Å². The fourth-order valence-corrected chi connectivity index (χ4v) is 3.21. The number of nitrogens with one attached hydrogen (secondary N) is 2. The molecule has 1 aliphatic heterocycles. The van der Waals surface area contributed by atoms with E-state index >= 15 is 0 Å². The van der Waals surface area contributed by atoms with Gasteiger partial charge in [-0.05, 0) is 38.0 Å². The quantitative estimate of drug-likeness (QED) is 0.472. The number of hydrogen-bond acceptors (Lipinski definition) is 9. The largest absolute Gasteiger partial charge is 0.469 e. The minimum Gasteiger partial charge on any atom is -0.469 e. The smallest absolute Gasteiger partial charge is 0.320 e. The Bertz CT molecular complexity index is 1000. The van der Waals surface area contributed by atoms with E-state index in [0.29, 0.717) is 18.8 Å². The number of piperidine rings is 1. The molecule has 10 heteroatoms. The normalized spacial score (nSPS) is 14.9. The molecule has 0 spiro atoms. The first-order valence-electron chi connectivity index (χ1n) is 10.2. The lowest BCUT2D eigenvalue weighted by Gasteiger charge is -2.31. The van der Waals surface area contributed by atoms with Crippen LogP contribution in [-0.4, -0.2) is 47.3 Å². The van der Waals surface area contributed by atoms with Crippen molar-refractivity contribution < 1.29 is 18.7 Å². The molecule has 1 aliphatic rings. The van der Waals surface area contributed by atoms with Crippen LogP contribution in [0.2, 0.25) is 0 Å². The summed E-state index contributed by atoms with van der Waals surface area (Å²) in [4.78, 5) is 30.6. The highest BCUT2D eigenvalue weighted by molar-refractivity contribution is 6.00. The van der Waals surface area contributed by atoms with Gasteiger partial charge in [-0.3, -0.25) is 9.59 Å².